The van der Waals surface area contributed by atoms with Crippen molar-refractivity contribution in [3.8, 4) is 0 Å². The summed E-state index contributed by atoms with van der Waals surface area (Å²) in [5, 5.41) is 6.30. The van der Waals surface area contributed by atoms with Gasteiger partial charge in [0.25, 0.3) is 5.91 Å². The van der Waals surface area contributed by atoms with Gasteiger partial charge in [-0.15, -0.1) is 0 Å². The summed E-state index contributed by atoms with van der Waals surface area (Å²) in [7, 11) is 0. The van der Waals surface area contributed by atoms with Gasteiger partial charge in [-0.2, -0.15) is 0 Å². The third-order valence-corrected chi connectivity index (χ3v) is 3.68. The summed E-state index contributed by atoms with van der Waals surface area (Å²) in [5.74, 6) is 0.00512. The predicted octanol–water partition coefficient (Wildman–Crippen LogP) is 1.56. The molecule has 0 spiro atoms. The van der Waals surface area contributed by atoms with Crippen molar-refractivity contribution in [3.05, 3.63) is 59.4 Å². The number of hydrogen-bond donors (Lipinski definition) is 2. The fourth-order valence-corrected chi connectivity index (χ4v) is 2.54. The Bertz CT molecular complexity index is 590. The van der Waals surface area contributed by atoms with Crippen molar-refractivity contribution < 1.29 is 4.79 Å². The summed E-state index contributed by atoms with van der Waals surface area (Å²) in [5.41, 5.74) is 3.35. The van der Waals surface area contributed by atoms with Crippen molar-refractivity contribution in [3.63, 3.8) is 0 Å². The lowest BCUT2D eigenvalue weighted by Crippen LogP contribution is -2.28. The Morgan fingerprint density at radius 3 is 2.95 bits per heavy atom. The molecule has 4 nitrogen and oxygen atoms in total. The molecule has 3 rings (SSSR count). The summed E-state index contributed by atoms with van der Waals surface area (Å²) in [6.45, 7) is 3.32. The van der Waals surface area contributed by atoms with Crippen LogP contribution < -0.4 is 10.6 Å². The molecule has 0 aliphatic carbocycles. The molecule has 1 aromatic heterocycles. The molecule has 0 radical (unpaired) electrons. The Balaban J connectivity index is 1.59. The molecule has 0 bridgehead atoms. The van der Waals surface area contributed by atoms with Crippen LogP contribution in [0.2, 0.25) is 0 Å². The maximum absolute atomic E-state index is 12.1. The number of amides is 1. The molecule has 2 N–H and O–H groups in total. The standard InChI is InChI=1S/C16H19N3O/c20-16(18-7-10-19-8-1-2-9-19)14-4-3-13-5-6-17-12-15(13)11-14/h1-4,8-9,11,17H,5-7,10,12H2,(H,18,20). The van der Waals surface area contributed by atoms with Crippen LogP contribution in [-0.4, -0.2) is 23.6 Å². The molecule has 4 heteroatoms. The highest BCUT2D eigenvalue weighted by atomic mass is 16.1. The van der Waals surface area contributed by atoms with Crippen LogP contribution in [-0.2, 0) is 19.5 Å². The molecule has 2 aromatic rings. The summed E-state index contributed by atoms with van der Waals surface area (Å²) in [6.07, 6.45) is 5.04. The molecule has 0 saturated carbocycles. The summed E-state index contributed by atoms with van der Waals surface area (Å²) in [4.78, 5) is 12.1. The first-order valence-electron chi connectivity index (χ1n) is 7.04. The second-order valence-electron chi connectivity index (χ2n) is 5.09. The van der Waals surface area contributed by atoms with Gasteiger partial charge in [-0.3, -0.25) is 4.79 Å². The zero-order valence-corrected chi connectivity index (χ0v) is 11.4. The van der Waals surface area contributed by atoms with Crippen molar-refractivity contribution in [2.24, 2.45) is 0 Å². The van der Waals surface area contributed by atoms with Gasteiger partial charge in [0.2, 0.25) is 0 Å². The lowest BCUT2D eigenvalue weighted by atomic mass is 9.98. The number of nitrogens with zero attached hydrogens (tertiary/aromatic N) is 1. The van der Waals surface area contributed by atoms with Crippen LogP contribution in [0.5, 0.6) is 0 Å². The van der Waals surface area contributed by atoms with E-state index in [1.165, 1.54) is 11.1 Å². The van der Waals surface area contributed by atoms with Gasteiger partial charge in [-0.25, -0.2) is 0 Å². The lowest BCUT2D eigenvalue weighted by molar-refractivity contribution is 0.0952. The molecule has 1 aromatic carbocycles. The van der Waals surface area contributed by atoms with Crippen LogP contribution in [0.1, 0.15) is 21.5 Å². The highest BCUT2D eigenvalue weighted by Gasteiger charge is 2.12. The SMILES string of the molecule is O=C(NCCn1cccc1)c1ccc2c(c1)CNCC2. The summed E-state index contributed by atoms with van der Waals surface area (Å²) < 4.78 is 2.05. The highest BCUT2D eigenvalue weighted by molar-refractivity contribution is 5.94. The van der Waals surface area contributed by atoms with Crippen LogP contribution in [0.4, 0.5) is 0 Å². The minimum absolute atomic E-state index is 0.00512. The number of carbonyl (C=O) groups is 1. The molecule has 20 heavy (non-hydrogen) atoms. The monoisotopic (exact) mass is 269 g/mol. The molecule has 1 amide bonds. The van der Waals surface area contributed by atoms with Gasteiger partial charge in [0.1, 0.15) is 0 Å². The Morgan fingerprint density at radius 2 is 2.10 bits per heavy atom. The average molecular weight is 269 g/mol. The van der Waals surface area contributed by atoms with E-state index in [1.54, 1.807) is 0 Å². The molecular formula is C16H19N3O. The first kappa shape index (κ1) is 12.9. The van der Waals surface area contributed by atoms with Gasteiger partial charge < -0.3 is 15.2 Å². The first-order valence-corrected chi connectivity index (χ1v) is 7.04. The van der Waals surface area contributed by atoms with Gasteiger partial charge in [0, 0.05) is 37.6 Å². The number of nitrogens with one attached hydrogen (secondary N) is 2. The topological polar surface area (TPSA) is 46.1 Å². The van der Waals surface area contributed by atoms with E-state index in [-0.39, 0.29) is 5.91 Å². The maximum Gasteiger partial charge on any atom is 0.251 e. The number of fused-ring (bicyclic) bond motifs is 1. The molecule has 1 aliphatic rings. The van der Waals surface area contributed by atoms with Crippen LogP contribution in [0.15, 0.2) is 42.7 Å². The number of benzene rings is 1. The summed E-state index contributed by atoms with van der Waals surface area (Å²) in [6, 6.07) is 9.98. The Labute approximate surface area is 118 Å². The third kappa shape index (κ3) is 2.91. The van der Waals surface area contributed by atoms with E-state index < -0.39 is 0 Å². The van der Waals surface area contributed by atoms with Crippen molar-refractivity contribution >= 4 is 5.91 Å². The first-order chi connectivity index (χ1) is 9.83. The van der Waals surface area contributed by atoms with E-state index in [4.69, 9.17) is 0 Å². The maximum atomic E-state index is 12.1. The molecule has 0 fully saturated rings. The molecule has 1 aliphatic heterocycles. The fraction of sp³-hybridized carbons (Fsp3) is 0.312. The van der Waals surface area contributed by atoms with Gasteiger partial charge in [-0.05, 0) is 48.4 Å². The smallest absolute Gasteiger partial charge is 0.251 e. The van der Waals surface area contributed by atoms with E-state index >= 15 is 0 Å². The van der Waals surface area contributed by atoms with Crippen LogP contribution in [0, 0.1) is 0 Å². The lowest BCUT2D eigenvalue weighted by Gasteiger charge is -2.17. The van der Waals surface area contributed by atoms with Gasteiger partial charge in [0.15, 0.2) is 0 Å². The normalized spacial score (nSPS) is 13.8. The van der Waals surface area contributed by atoms with E-state index in [2.05, 4.69) is 21.3 Å². The van der Waals surface area contributed by atoms with Crippen LogP contribution in [0.3, 0.4) is 0 Å². The number of rotatable bonds is 4. The van der Waals surface area contributed by atoms with E-state index in [9.17, 15) is 4.79 Å². The van der Waals surface area contributed by atoms with Crippen molar-refractivity contribution in [1.82, 2.24) is 15.2 Å². The van der Waals surface area contributed by atoms with E-state index in [0.717, 1.165) is 31.6 Å². The summed E-state index contributed by atoms with van der Waals surface area (Å²) >= 11 is 0. The second kappa shape index (κ2) is 5.92. The third-order valence-electron chi connectivity index (χ3n) is 3.68. The average Bonchev–Trinajstić information content (AvgIpc) is 3.00. The number of aromatic nitrogens is 1. The molecule has 0 saturated heterocycles. The number of carbonyl (C=O) groups excluding carboxylic acids is 1. The Hall–Kier alpha value is -2.07. The van der Waals surface area contributed by atoms with Crippen LogP contribution >= 0.6 is 0 Å². The van der Waals surface area contributed by atoms with Gasteiger partial charge in [0.05, 0.1) is 0 Å². The molecule has 2 heterocycles. The van der Waals surface area contributed by atoms with Crippen molar-refractivity contribution in [2.45, 2.75) is 19.5 Å². The number of hydrogen-bond acceptors (Lipinski definition) is 2. The van der Waals surface area contributed by atoms with Crippen molar-refractivity contribution in [2.75, 3.05) is 13.1 Å². The predicted molar refractivity (Wildman–Crippen MR) is 78.6 cm³/mol. The molecule has 104 valence electrons. The van der Waals surface area contributed by atoms with Crippen molar-refractivity contribution in [1.29, 1.82) is 0 Å². The Morgan fingerprint density at radius 1 is 1.25 bits per heavy atom. The second-order valence-corrected chi connectivity index (χ2v) is 5.09. The zero-order valence-electron chi connectivity index (χ0n) is 11.4. The highest BCUT2D eigenvalue weighted by Crippen LogP contribution is 2.15. The van der Waals surface area contributed by atoms with Gasteiger partial charge >= 0.3 is 0 Å². The van der Waals surface area contributed by atoms with Gasteiger partial charge in [-0.1, -0.05) is 6.07 Å². The van der Waals surface area contributed by atoms with Crippen LogP contribution in [0.25, 0.3) is 0 Å². The van der Waals surface area contributed by atoms with E-state index in [0.29, 0.717) is 6.54 Å². The molecule has 0 unspecified atom stereocenters. The minimum atomic E-state index is 0.00512. The molecular weight excluding hydrogens is 250 g/mol. The largest absolute Gasteiger partial charge is 0.353 e. The molecule has 0 atom stereocenters. The minimum Gasteiger partial charge on any atom is -0.353 e. The Kier molecular flexibility index (Phi) is 3.83. The zero-order chi connectivity index (χ0) is 13.8. The quantitative estimate of drug-likeness (QED) is 0.885. The fourth-order valence-electron chi connectivity index (χ4n) is 2.54. The van der Waals surface area contributed by atoms with E-state index in [1.807, 2.05) is 36.7 Å².